The molecule has 0 saturated heterocycles. The Labute approximate surface area is 813 Å². The molecule has 0 bridgehead atoms. The zero-order chi connectivity index (χ0) is 102. The first-order valence-electron chi connectivity index (χ1n) is 41.2. The average molecular weight is 2050 g/mol. The number of benzene rings is 12. The van der Waals surface area contributed by atoms with E-state index in [1.165, 1.54) is 176 Å². The molecule has 0 atom stereocenters. The Morgan fingerprint density at radius 1 is 0.239 bits per heavy atom. The van der Waals surface area contributed by atoms with E-state index in [0.717, 1.165) is 5.56 Å². The van der Waals surface area contributed by atoms with Crippen LogP contribution in [0, 0.1) is 48.5 Å². The van der Waals surface area contributed by atoms with Crippen molar-refractivity contribution < 1.29 is 122 Å². The molecule has 12 rings (SSSR count). The standard InChI is InChI=1S/2C17H19NO5S.C16H16ClNO4S.C16H17NO5S.C16H17NO4S.C15H14ClNO4S/c1-4-23-14-7-9-15(10-8-14)24(20,21)18-16-11-13(17(19)22-3)6-5-12(16)2;1-4-23-17(19)13-6-5-12(2)16(11-13)18-24(20,21)15-9-7-14(22-3)8-10-15;1-3-22-16(19)12-5-4-11(2)15(10-12)18-23(20,21)14-8-6-13(17)7-9-14;1-11-4-5-12(16(18)22-3)10-15(11)17-23(19,20)14-8-6-13(21-2)7-9-14;1-11-4-8-14(9-5-11)22(19,20)17-15-10-13(16(18)21-3)7-6-12(15)2;1-10-3-4-11(15(18)21-2)9-14(10)17-22(19,20)13-7-5-12(16)6-8-13/h2*5-11,18H,4H2,1-3H3;4-10,18H,3H2,1-2H3;4-10,17H,1-3H3;4-10,17H,1-3H3;3-9,17H,1-2H3. The summed E-state index contributed by atoms with van der Waals surface area (Å²) in [5.74, 6) is -1.39. The van der Waals surface area contributed by atoms with Crippen LogP contribution < -0.4 is 42.5 Å². The van der Waals surface area contributed by atoms with E-state index in [-0.39, 0.29) is 76.0 Å². The van der Waals surface area contributed by atoms with Gasteiger partial charge in [-0.3, -0.25) is 28.3 Å². The van der Waals surface area contributed by atoms with Gasteiger partial charge in [0, 0.05) is 10.0 Å². The molecule has 6 N–H and O–H groups in total. The van der Waals surface area contributed by atoms with Crippen LogP contribution in [-0.4, -0.2) is 149 Å². The Morgan fingerprint density at radius 3 is 0.601 bits per heavy atom. The van der Waals surface area contributed by atoms with Gasteiger partial charge in [0.2, 0.25) is 0 Å². The van der Waals surface area contributed by atoms with Crippen LogP contribution in [-0.2, 0) is 88.6 Å². The SMILES string of the molecule is CCOC(=O)c1ccc(C)c(NS(=O)(=O)c2ccc(Cl)cc2)c1.CCOC(=O)c1ccc(C)c(NS(=O)(=O)c2ccc(OC)cc2)c1.CCOc1ccc(S(=O)(=O)Nc2cc(C(=O)OC)ccc2C)cc1.COC(=O)c1ccc(C)c(NS(=O)(=O)c2ccc(C)cc2)c1.COC(=O)c1ccc(C)c(NS(=O)(=O)c2ccc(Cl)cc2)c1.COC(=O)c1ccc(C)c(NS(=O)(=O)c2ccc(OC)cc2)c1. The lowest BCUT2D eigenvalue weighted by atomic mass is 10.1. The van der Waals surface area contributed by atoms with E-state index in [1.54, 1.807) is 177 Å². The fourth-order valence-corrected chi connectivity index (χ4v) is 18.6. The Kier molecular flexibility index (Phi) is 40.7. The number of carbonyl (C=O) groups is 6. The second-order valence-corrected chi connectivity index (χ2v) is 40.2. The minimum atomic E-state index is -3.77. The summed E-state index contributed by atoms with van der Waals surface area (Å²) in [4.78, 5) is 70.5. The van der Waals surface area contributed by atoms with Crippen LogP contribution in [0.3, 0.4) is 0 Å². The van der Waals surface area contributed by atoms with E-state index in [1.807, 2.05) is 13.8 Å². The second kappa shape index (κ2) is 50.7. The van der Waals surface area contributed by atoms with E-state index in [9.17, 15) is 79.3 Å². The van der Waals surface area contributed by atoms with Crippen LogP contribution in [0.25, 0.3) is 0 Å². The highest BCUT2D eigenvalue weighted by Gasteiger charge is 2.25. The third-order valence-corrected chi connectivity index (χ3v) is 28.2. The molecule has 0 fully saturated rings. The predicted octanol–water partition coefficient (Wildman–Crippen LogP) is 18.3. The number of aryl methyl sites for hydroxylation is 7. The van der Waals surface area contributed by atoms with Crippen LogP contribution in [0.5, 0.6) is 17.2 Å². The molecule has 0 aromatic heterocycles. The van der Waals surface area contributed by atoms with Crippen molar-refractivity contribution >= 4 is 153 Å². The van der Waals surface area contributed by atoms with Crippen molar-refractivity contribution in [2.45, 2.75) is 98.6 Å². The Balaban J connectivity index is 0.000000225. The summed E-state index contributed by atoms with van der Waals surface area (Å²) in [6.07, 6.45) is 0. The van der Waals surface area contributed by atoms with Gasteiger partial charge >= 0.3 is 35.8 Å². The molecule has 732 valence electrons. The van der Waals surface area contributed by atoms with Gasteiger partial charge in [-0.1, -0.05) is 77.3 Å². The largest absolute Gasteiger partial charge is 0.497 e. The van der Waals surface area contributed by atoms with Gasteiger partial charge in [0.25, 0.3) is 60.1 Å². The number of halogens is 2. The number of rotatable bonds is 30. The van der Waals surface area contributed by atoms with Crippen molar-refractivity contribution in [2.24, 2.45) is 0 Å². The average Bonchev–Trinajstić information content (AvgIpc) is 0.821. The number of methoxy groups -OCH3 is 6. The van der Waals surface area contributed by atoms with Crippen molar-refractivity contribution in [3.8, 4) is 17.2 Å². The minimum Gasteiger partial charge on any atom is -0.497 e. The van der Waals surface area contributed by atoms with Crippen LogP contribution >= 0.6 is 23.2 Å². The van der Waals surface area contributed by atoms with Crippen LogP contribution in [0.1, 0.15) is 122 Å². The van der Waals surface area contributed by atoms with Gasteiger partial charge < -0.3 is 42.6 Å². The summed E-state index contributed by atoms with van der Waals surface area (Å²) in [7, 11) is -14.5. The molecule has 138 heavy (non-hydrogen) atoms. The molecule has 0 aliphatic carbocycles. The number of carbonyl (C=O) groups excluding carboxylic acids is 6. The molecule has 0 aliphatic heterocycles. The normalized spacial score (nSPS) is 11.0. The summed E-state index contributed by atoms with van der Waals surface area (Å²) in [6, 6.07) is 64.5. The number of hydrogen-bond acceptors (Lipinski definition) is 27. The molecular weight excluding hydrogens is 1940 g/mol. The zero-order valence-corrected chi connectivity index (χ0v) is 84.0. The lowest BCUT2D eigenvalue weighted by molar-refractivity contribution is 0.0517. The van der Waals surface area contributed by atoms with E-state index >= 15 is 0 Å². The quantitative estimate of drug-likeness (QED) is 0.0180. The van der Waals surface area contributed by atoms with Crippen LogP contribution in [0.15, 0.2) is 284 Å². The highest BCUT2D eigenvalue weighted by atomic mass is 35.5. The van der Waals surface area contributed by atoms with Crippen LogP contribution in [0.2, 0.25) is 10.0 Å². The van der Waals surface area contributed by atoms with Crippen molar-refractivity contribution in [2.75, 3.05) is 90.8 Å². The van der Waals surface area contributed by atoms with Crippen LogP contribution in [0.4, 0.5) is 34.1 Å². The molecule has 41 heteroatoms. The molecule has 0 heterocycles. The third-order valence-electron chi connectivity index (χ3n) is 19.4. The maximum atomic E-state index is 12.5. The summed E-state index contributed by atoms with van der Waals surface area (Å²) in [5.41, 5.74) is 8.77. The first-order valence-corrected chi connectivity index (χ1v) is 50.8. The summed E-state index contributed by atoms with van der Waals surface area (Å²) in [5, 5.41) is 0.896. The molecule has 0 radical (unpaired) electrons. The van der Waals surface area contributed by atoms with Gasteiger partial charge in [0.15, 0.2) is 0 Å². The van der Waals surface area contributed by atoms with Crippen molar-refractivity contribution in [1.29, 1.82) is 0 Å². The Morgan fingerprint density at radius 2 is 0.420 bits per heavy atom. The van der Waals surface area contributed by atoms with Crippen molar-refractivity contribution in [1.82, 2.24) is 0 Å². The third kappa shape index (κ3) is 32.3. The Bertz CT molecular complexity index is 6930. The smallest absolute Gasteiger partial charge is 0.338 e. The lowest BCUT2D eigenvalue weighted by Gasteiger charge is -2.12. The van der Waals surface area contributed by atoms with E-state index in [4.69, 9.17) is 46.9 Å². The molecule has 0 unspecified atom stereocenters. The van der Waals surface area contributed by atoms with Gasteiger partial charge in [-0.25, -0.2) is 79.3 Å². The second-order valence-electron chi connectivity index (χ2n) is 29.2. The molecule has 0 aliphatic rings. The number of anilines is 6. The van der Waals surface area contributed by atoms with Gasteiger partial charge in [-0.15, -0.1) is 0 Å². The molecular formula is C97H102Cl2N6O27S6. The molecule has 0 saturated carbocycles. The number of hydrogen-bond donors (Lipinski definition) is 6. The highest BCUT2D eigenvalue weighted by Crippen LogP contribution is 2.31. The molecule has 0 spiro atoms. The van der Waals surface area contributed by atoms with E-state index in [0.29, 0.717) is 101 Å². The Hall–Kier alpha value is -14.1. The van der Waals surface area contributed by atoms with Gasteiger partial charge in [0.1, 0.15) is 17.2 Å². The molecule has 0 amide bonds. The maximum absolute atomic E-state index is 12.5. The van der Waals surface area contributed by atoms with Gasteiger partial charge in [0.05, 0.1) is 159 Å². The summed E-state index contributed by atoms with van der Waals surface area (Å²) >= 11 is 11.5. The summed E-state index contributed by atoms with van der Waals surface area (Å²) in [6.45, 7) is 18.6. The zero-order valence-electron chi connectivity index (χ0n) is 77.6. The topological polar surface area (TPSA) is 463 Å². The van der Waals surface area contributed by atoms with Gasteiger partial charge in [-0.2, -0.15) is 0 Å². The van der Waals surface area contributed by atoms with Crippen molar-refractivity contribution in [3.63, 3.8) is 0 Å². The highest BCUT2D eigenvalue weighted by molar-refractivity contribution is 7.94. The maximum Gasteiger partial charge on any atom is 0.338 e. The molecule has 33 nitrogen and oxygen atoms in total. The van der Waals surface area contributed by atoms with E-state index < -0.39 is 96.0 Å². The van der Waals surface area contributed by atoms with E-state index in [2.05, 4.69) is 47.3 Å². The lowest BCUT2D eigenvalue weighted by Crippen LogP contribution is -2.14. The monoisotopic (exact) mass is 2040 g/mol. The fraction of sp³-hybridized carbons (Fsp3) is 0.196. The fourth-order valence-electron chi connectivity index (χ4n) is 11.6. The number of ether oxygens (including phenoxy) is 9. The molecule has 12 aromatic rings. The van der Waals surface area contributed by atoms with Crippen molar-refractivity contribution in [3.05, 3.63) is 337 Å². The minimum absolute atomic E-state index is 0.0831. The number of esters is 6. The first kappa shape index (κ1) is 111. The van der Waals surface area contributed by atoms with Gasteiger partial charge in [-0.05, 0) is 309 Å². The summed E-state index contributed by atoms with van der Waals surface area (Å²) < 4.78 is 208. The predicted molar refractivity (Wildman–Crippen MR) is 527 cm³/mol. The number of nitrogens with one attached hydrogen (secondary N) is 6. The first-order chi connectivity index (χ1) is 65.1. The molecule has 12 aromatic carbocycles. The number of sulfonamides is 6.